The third kappa shape index (κ3) is 3.97. The first-order chi connectivity index (χ1) is 16.6. The van der Waals surface area contributed by atoms with Crippen LogP contribution in [0.5, 0.6) is 0 Å². The zero-order valence-electron chi connectivity index (χ0n) is 18.8. The Bertz CT molecular complexity index is 1340. The number of allylic oxidation sites excluding steroid dienone is 2. The van der Waals surface area contributed by atoms with E-state index < -0.39 is 11.7 Å². The summed E-state index contributed by atoms with van der Waals surface area (Å²) in [6.07, 6.45) is 4.54. The van der Waals surface area contributed by atoms with Crippen LogP contribution in [0.15, 0.2) is 71.8 Å². The Morgan fingerprint density at radius 2 is 2.03 bits per heavy atom. The van der Waals surface area contributed by atoms with Crippen LogP contribution in [0.4, 0.5) is 10.1 Å². The number of morpholine rings is 1. The van der Waals surface area contributed by atoms with Crippen molar-refractivity contribution in [1.29, 1.82) is 0 Å². The Morgan fingerprint density at radius 3 is 2.82 bits per heavy atom. The molecule has 0 radical (unpaired) electrons. The summed E-state index contributed by atoms with van der Waals surface area (Å²) in [7, 11) is 0. The highest BCUT2D eigenvalue weighted by atomic mass is 19.1. The lowest BCUT2D eigenvalue weighted by molar-refractivity contribution is -0.120. The van der Waals surface area contributed by atoms with Crippen molar-refractivity contribution in [3.63, 3.8) is 0 Å². The fraction of sp³-hybridized carbons (Fsp3) is 0.231. The molecular formula is C26H24FN5O2. The number of hydrogen-bond acceptors (Lipinski definition) is 6. The molecular weight excluding hydrogens is 433 g/mol. The van der Waals surface area contributed by atoms with Gasteiger partial charge in [0, 0.05) is 41.6 Å². The van der Waals surface area contributed by atoms with Gasteiger partial charge in [0.1, 0.15) is 18.1 Å². The number of hydrogen-bond donors (Lipinski definition) is 1. The molecule has 2 aliphatic heterocycles. The maximum absolute atomic E-state index is 15.1. The topological polar surface area (TPSA) is 79.7 Å². The molecule has 0 bridgehead atoms. The molecule has 0 saturated carbocycles. The lowest BCUT2D eigenvalue weighted by atomic mass is 9.93. The van der Waals surface area contributed by atoms with Crippen molar-refractivity contribution in [3.05, 3.63) is 78.2 Å². The molecule has 2 aromatic carbocycles. The van der Waals surface area contributed by atoms with Gasteiger partial charge in [-0.1, -0.05) is 18.7 Å². The molecule has 2 aliphatic rings. The number of nitrogens with one attached hydrogen (secondary N) is 1. The average molecular weight is 458 g/mol. The van der Waals surface area contributed by atoms with E-state index in [0.29, 0.717) is 41.4 Å². The molecule has 3 aromatic rings. The summed E-state index contributed by atoms with van der Waals surface area (Å²) >= 11 is 0. The molecule has 7 nitrogen and oxygen atoms in total. The number of amides is 1. The Balaban J connectivity index is 1.57. The van der Waals surface area contributed by atoms with E-state index in [1.54, 1.807) is 31.3 Å². The van der Waals surface area contributed by atoms with E-state index in [0.717, 1.165) is 29.7 Å². The van der Waals surface area contributed by atoms with E-state index >= 15 is 4.39 Å². The summed E-state index contributed by atoms with van der Waals surface area (Å²) in [6.45, 7) is 8.44. The van der Waals surface area contributed by atoms with Crippen LogP contribution in [0.25, 0.3) is 22.2 Å². The minimum Gasteiger partial charge on any atom is -0.378 e. The van der Waals surface area contributed by atoms with E-state index in [1.807, 2.05) is 18.2 Å². The zero-order valence-corrected chi connectivity index (χ0v) is 18.8. The van der Waals surface area contributed by atoms with Gasteiger partial charge >= 0.3 is 0 Å². The maximum Gasteiger partial charge on any atom is 0.237 e. The van der Waals surface area contributed by atoms with Crippen molar-refractivity contribution in [1.82, 2.24) is 15.3 Å². The SMILES string of the molecule is C=CC=NC1=C(C)NC(=O)C1c1ccc(F)c(-c2ncnc3cc(N4CCOCC4)ccc23)c1. The van der Waals surface area contributed by atoms with Crippen molar-refractivity contribution < 1.29 is 13.9 Å². The second-order valence-electron chi connectivity index (χ2n) is 8.21. The molecule has 1 atom stereocenters. The summed E-state index contributed by atoms with van der Waals surface area (Å²) in [5, 5.41) is 3.56. The highest BCUT2D eigenvalue weighted by Crippen LogP contribution is 2.36. The molecule has 34 heavy (non-hydrogen) atoms. The fourth-order valence-corrected chi connectivity index (χ4v) is 4.46. The highest BCUT2D eigenvalue weighted by molar-refractivity contribution is 5.95. The first-order valence-electron chi connectivity index (χ1n) is 11.1. The predicted octanol–water partition coefficient (Wildman–Crippen LogP) is 3.97. The molecule has 1 unspecified atom stereocenters. The smallest absolute Gasteiger partial charge is 0.237 e. The number of rotatable bonds is 5. The first-order valence-corrected chi connectivity index (χ1v) is 11.1. The molecule has 1 N–H and O–H groups in total. The molecule has 1 fully saturated rings. The number of ether oxygens (including phenoxy) is 1. The van der Waals surface area contributed by atoms with E-state index in [4.69, 9.17) is 4.74 Å². The maximum atomic E-state index is 15.1. The number of halogens is 1. The highest BCUT2D eigenvalue weighted by Gasteiger charge is 2.33. The molecule has 172 valence electrons. The normalized spacial score (nSPS) is 18.7. The summed E-state index contributed by atoms with van der Waals surface area (Å²) < 4.78 is 20.5. The second-order valence-corrected chi connectivity index (χ2v) is 8.21. The fourth-order valence-electron chi connectivity index (χ4n) is 4.46. The predicted molar refractivity (Wildman–Crippen MR) is 130 cm³/mol. The standard InChI is InChI=1S/C26H24FN5O2/c1-3-8-28-24-16(2)31-26(33)23(24)17-4-7-21(27)20(13-17)25-19-6-5-18(14-22(19)29-15-30-25)32-9-11-34-12-10-32/h3-8,13-15,23H,1,9-12H2,2H3,(H,31,33). The summed E-state index contributed by atoms with van der Waals surface area (Å²) in [4.78, 5) is 28.2. The quantitative estimate of drug-likeness (QED) is 0.587. The zero-order chi connectivity index (χ0) is 23.7. The summed E-state index contributed by atoms with van der Waals surface area (Å²) in [5.74, 6) is -1.26. The molecule has 0 spiro atoms. The largest absolute Gasteiger partial charge is 0.378 e. The van der Waals surface area contributed by atoms with Gasteiger partial charge in [-0.25, -0.2) is 14.4 Å². The van der Waals surface area contributed by atoms with Gasteiger partial charge in [-0.15, -0.1) is 0 Å². The van der Waals surface area contributed by atoms with Gasteiger partial charge in [0.15, 0.2) is 0 Å². The van der Waals surface area contributed by atoms with Gasteiger partial charge in [0.2, 0.25) is 5.91 Å². The third-order valence-electron chi connectivity index (χ3n) is 6.12. The molecule has 1 saturated heterocycles. The first kappa shape index (κ1) is 21.9. The minimum atomic E-state index is -0.642. The molecule has 3 heterocycles. The Kier molecular flexibility index (Phi) is 5.90. The van der Waals surface area contributed by atoms with Gasteiger partial charge < -0.3 is 15.0 Å². The number of carbonyl (C=O) groups excluding carboxylic acids is 1. The van der Waals surface area contributed by atoms with Crippen molar-refractivity contribution >= 4 is 28.7 Å². The van der Waals surface area contributed by atoms with E-state index in [-0.39, 0.29) is 5.91 Å². The van der Waals surface area contributed by atoms with Gasteiger partial charge in [0.05, 0.1) is 30.1 Å². The number of carbonyl (C=O) groups is 1. The number of aliphatic imine (C=N–C) groups is 1. The van der Waals surface area contributed by atoms with Gasteiger partial charge in [-0.05, 0) is 42.8 Å². The number of anilines is 1. The number of aromatic nitrogens is 2. The molecule has 5 rings (SSSR count). The van der Waals surface area contributed by atoms with Crippen LogP contribution in [-0.4, -0.2) is 48.4 Å². The number of benzene rings is 2. The van der Waals surface area contributed by atoms with E-state index in [9.17, 15) is 4.79 Å². The van der Waals surface area contributed by atoms with Crippen LogP contribution < -0.4 is 10.2 Å². The minimum absolute atomic E-state index is 0.200. The van der Waals surface area contributed by atoms with Crippen LogP contribution >= 0.6 is 0 Å². The Hall–Kier alpha value is -3.91. The van der Waals surface area contributed by atoms with Gasteiger partial charge in [-0.2, -0.15) is 0 Å². The Morgan fingerprint density at radius 1 is 1.21 bits per heavy atom. The van der Waals surface area contributed by atoms with Crippen LogP contribution in [0.1, 0.15) is 18.4 Å². The van der Waals surface area contributed by atoms with Crippen LogP contribution in [-0.2, 0) is 9.53 Å². The number of nitrogens with zero attached hydrogens (tertiary/aromatic N) is 4. The van der Waals surface area contributed by atoms with Crippen LogP contribution in [0.2, 0.25) is 0 Å². The third-order valence-corrected chi connectivity index (χ3v) is 6.12. The molecule has 0 aliphatic carbocycles. The van der Waals surface area contributed by atoms with Crippen molar-refractivity contribution in [2.75, 3.05) is 31.2 Å². The van der Waals surface area contributed by atoms with Crippen LogP contribution in [0, 0.1) is 5.82 Å². The Labute approximate surface area is 196 Å². The summed E-state index contributed by atoms with van der Waals surface area (Å²) in [5.41, 5.74) is 4.46. The van der Waals surface area contributed by atoms with Crippen molar-refractivity contribution in [3.8, 4) is 11.3 Å². The van der Waals surface area contributed by atoms with Crippen molar-refractivity contribution in [2.24, 2.45) is 4.99 Å². The summed E-state index contributed by atoms with van der Waals surface area (Å²) in [6, 6.07) is 10.6. The lowest BCUT2D eigenvalue weighted by Gasteiger charge is -2.29. The number of fused-ring (bicyclic) bond motifs is 1. The second kappa shape index (κ2) is 9.15. The van der Waals surface area contributed by atoms with E-state index in [2.05, 4.69) is 31.8 Å². The van der Waals surface area contributed by atoms with Crippen molar-refractivity contribution in [2.45, 2.75) is 12.8 Å². The van der Waals surface area contributed by atoms with Gasteiger partial charge in [-0.3, -0.25) is 9.79 Å². The van der Waals surface area contributed by atoms with Crippen LogP contribution in [0.3, 0.4) is 0 Å². The molecule has 1 aromatic heterocycles. The molecule has 8 heteroatoms. The monoisotopic (exact) mass is 457 g/mol. The van der Waals surface area contributed by atoms with Gasteiger partial charge in [0.25, 0.3) is 0 Å². The average Bonchev–Trinajstić information content (AvgIpc) is 3.15. The lowest BCUT2D eigenvalue weighted by Crippen LogP contribution is -2.36. The van der Waals surface area contributed by atoms with E-state index in [1.165, 1.54) is 12.4 Å². The molecule has 1 amide bonds.